The molecule has 0 saturated carbocycles. The lowest BCUT2D eigenvalue weighted by atomic mass is 10.00. The smallest absolute Gasteiger partial charge is 0.290 e. The van der Waals surface area contributed by atoms with Crippen molar-refractivity contribution < 1.29 is 32.7 Å². The van der Waals surface area contributed by atoms with Crippen LogP contribution in [0.4, 0.5) is 8.78 Å². The highest BCUT2D eigenvalue weighted by molar-refractivity contribution is 5.92. The van der Waals surface area contributed by atoms with Crippen molar-refractivity contribution in [2.24, 2.45) is 0 Å². The van der Waals surface area contributed by atoms with Crippen LogP contribution in [0, 0.1) is 0 Å². The Morgan fingerprint density at radius 1 is 1.28 bits per heavy atom. The molecule has 10 heteroatoms. The number of halogens is 2. The number of ether oxygens (including phenoxy) is 1. The first-order valence-electron chi connectivity index (χ1n) is 9.12. The van der Waals surface area contributed by atoms with E-state index in [0.29, 0.717) is 6.42 Å². The van der Waals surface area contributed by atoms with Crippen molar-refractivity contribution in [2.75, 3.05) is 13.2 Å². The summed E-state index contributed by atoms with van der Waals surface area (Å²) in [6.45, 7) is 0.183. The molecule has 1 saturated heterocycles. The monoisotopic (exact) mass is 407 g/mol. The number of carbonyl (C=O) groups excluding carboxylic acids is 2. The first kappa shape index (κ1) is 19.5. The third-order valence-corrected chi connectivity index (χ3v) is 5.23. The molecule has 0 spiro atoms. The molecule has 3 N–H and O–H groups in total. The zero-order valence-electron chi connectivity index (χ0n) is 15.2. The Labute approximate surface area is 164 Å². The topological polar surface area (TPSA) is 114 Å². The Balaban J connectivity index is 1.53. The van der Waals surface area contributed by atoms with Crippen molar-refractivity contribution in [2.45, 2.75) is 37.0 Å². The molecule has 2 aromatic rings. The van der Waals surface area contributed by atoms with Gasteiger partial charge in [-0.2, -0.15) is 0 Å². The van der Waals surface area contributed by atoms with E-state index in [1.165, 1.54) is 0 Å². The minimum absolute atomic E-state index is 0.0985. The summed E-state index contributed by atoms with van der Waals surface area (Å²) < 4.78 is 35.2. The van der Waals surface area contributed by atoms with Gasteiger partial charge in [0, 0.05) is 12.5 Å². The number of fused-ring (bicyclic) bond motifs is 1. The standard InChI is InChI=1S/C19H19F2N3O5/c20-16(21)13-8-14(29-24-13)17(25)22-12-7-10-3-1-2-4-11(10)15(12)23-18(26)19(27)5-6-28-9-19/h1-4,8,12,15-16,27H,5-7,9H2,(H,22,25)(H,23,26)/t12-,15-,19?/m1/s1. The second kappa shape index (κ2) is 7.53. The molecule has 1 aliphatic carbocycles. The Bertz CT molecular complexity index is 926. The van der Waals surface area contributed by atoms with Crippen LogP contribution in [-0.4, -0.2) is 46.9 Å². The highest BCUT2D eigenvalue weighted by atomic mass is 19.3. The summed E-state index contributed by atoms with van der Waals surface area (Å²) >= 11 is 0. The molecule has 29 heavy (non-hydrogen) atoms. The molecule has 0 radical (unpaired) electrons. The molecule has 2 heterocycles. The molecule has 4 rings (SSSR count). The molecular formula is C19H19F2N3O5. The van der Waals surface area contributed by atoms with Crippen molar-refractivity contribution in [3.05, 3.63) is 52.9 Å². The van der Waals surface area contributed by atoms with E-state index in [2.05, 4.69) is 15.8 Å². The second-order valence-corrected chi connectivity index (χ2v) is 7.18. The summed E-state index contributed by atoms with van der Waals surface area (Å²) in [6.07, 6.45) is -2.26. The number of nitrogens with zero attached hydrogens (tertiary/aromatic N) is 1. The Morgan fingerprint density at radius 3 is 2.76 bits per heavy atom. The second-order valence-electron chi connectivity index (χ2n) is 7.18. The summed E-state index contributed by atoms with van der Waals surface area (Å²) in [5.74, 6) is -1.65. The number of hydrogen-bond acceptors (Lipinski definition) is 6. The van der Waals surface area contributed by atoms with Crippen LogP contribution in [0.1, 0.15) is 46.3 Å². The number of rotatable bonds is 5. The summed E-state index contributed by atoms with van der Waals surface area (Å²) in [6, 6.07) is 7.06. The van der Waals surface area contributed by atoms with Gasteiger partial charge in [-0.05, 0) is 17.5 Å². The van der Waals surface area contributed by atoms with E-state index in [1.54, 1.807) is 6.07 Å². The van der Waals surface area contributed by atoms with Gasteiger partial charge in [-0.25, -0.2) is 8.78 Å². The fourth-order valence-electron chi connectivity index (χ4n) is 3.65. The van der Waals surface area contributed by atoms with Crippen molar-refractivity contribution >= 4 is 11.8 Å². The Hall–Kier alpha value is -2.85. The molecule has 1 fully saturated rings. The lowest BCUT2D eigenvalue weighted by Gasteiger charge is -2.27. The van der Waals surface area contributed by atoms with E-state index in [0.717, 1.165) is 17.2 Å². The number of hydrogen-bond donors (Lipinski definition) is 3. The van der Waals surface area contributed by atoms with Gasteiger partial charge in [-0.3, -0.25) is 9.59 Å². The number of benzene rings is 1. The predicted molar refractivity (Wildman–Crippen MR) is 94.1 cm³/mol. The lowest BCUT2D eigenvalue weighted by molar-refractivity contribution is -0.140. The van der Waals surface area contributed by atoms with Gasteiger partial charge < -0.3 is 25.0 Å². The molecule has 3 atom stereocenters. The molecule has 1 unspecified atom stereocenters. The van der Waals surface area contributed by atoms with Gasteiger partial charge in [0.05, 0.1) is 25.3 Å². The number of nitrogens with one attached hydrogen (secondary N) is 2. The summed E-state index contributed by atoms with van der Waals surface area (Å²) in [7, 11) is 0. The largest absolute Gasteiger partial charge is 0.378 e. The van der Waals surface area contributed by atoms with Crippen LogP contribution in [0.25, 0.3) is 0 Å². The normalized spacial score (nSPS) is 25.8. The van der Waals surface area contributed by atoms with Crippen LogP contribution in [0.15, 0.2) is 34.9 Å². The van der Waals surface area contributed by atoms with Crippen LogP contribution >= 0.6 is 0 Å². The maximum Gasteiger partial charge on any atom is 0.290 e. The summed E-state index contributed by atoms with van der Waals surface area (Å²) in [4.78, 5) is 25.1. The number of amides is 2. The Kier molecular flexibility index (Phi) is 5.05. The highest BCUT2D eigenvalue weighted by Gasteiger charge is 2.43. The van der Waals surface area contributed by atoms with Gasteiger partial charge in [0.25, 0.3) is 18.2 Å². The summed E-state index contributed by atoms with van der Waals surface area (Å²) in [5, 5.41) is 19.1. The van der Waals surface area contributed by atoms with Gasteiger partial charge in [0.1, 0.15) is 0 Å². The van der Waals surface area contributed by atoms with E-state index in [-0.39, 0.29) is 25.4 Å². The molecule has 2 aliphatic rings. The predicted octanol–water partition coefficient (Wildman–Crippen LogP) is 1.28. The summed E-state index contributed by atoms with van der Waals surface area (Å²) in [5.41, 5.74) is -0.523. The molecule has 154 valence electrons. The van der Waals surface area contributed by atoms with Crippen LogP contribution in [-0.2, 0) is 16.0 Å². The minimum atomic E-state index is -2.85. The van der Waals surface area contributed by atoms with E-state index in [9.17, 15) is 23.5 Å². The molecule has 1 aromatic carbocycles. The molecule has 2 amide bonds. The number of aliphatic hydroxyl groups is 1. The van der Waals surface area contributed by atoms with E-state index < -0.39 is 41.6 Å². The highest BCUT2D eigenvalue weighted by Crippen LogP contribution is 2.33. The van der Waals surface area contributed by atoms with Crippen molar-refractivity contribution in [1.29, 1.82) is 0 Å². The van der Waals surface area contributed by atoms with Crippen LogP contribution in [0.3, 0.4) is 0 Å². The fraction of sp³-hybridized carbons (Fsp3) is 0.421. The first-order chi connectivity index (χ1) is 13.9. The van der Waals surface area contributed by atoms with Crippen molar-refractivity contribution in [3.63, 3.8) is 0 Å². The third kappa shape index (κ3) is 3.73. The average molecular weight is 407 g/mol. The number of aromatic nitrogens is 1. The van der Waals surface area contributed by atoms with Gasteiger partial charge in [0.15, 0.2) is 11.3 Å². The zero-order chi connectivity index (χ0) is 20.6. The molecule has 0 bridgehead atoms. The number of alkyl halides is 2. The Morgan fingerprint density at radius 2 is 2.07 bits per heavy atom. The maximum atomic E-state index is 12.7. The maximum absolute atomic E-state index is 12.7. The van der Waals surface area contributed by atoms with Gasteiger partial charge in [-0.15, -0.1) is 0 Å². The average Bonchev–Trinajstić information content (AvgIpc) is 3.42. The van der Waals surface area contributed by atoms with Crippen molar-refractivity contribution in [3.8, 4) is 0 Å². The van der Waals surface area contributed by atoms with Crippen LogP contribution < -0.4 is 10.6 Å². The molecular weight excluding hydrogens is 388 g/mol. The van der Waals surface area contributed by atoms with E-state index in [1.807, 2.05) is 18.2 Å². The number of carbonyl (C=O) groups is 2. The van der Waals surface area contributed by atoms with E-state index in [4.69, 9.17) is 9.26 Å². The quantitative estimate of drug-likeness (QED) is 0.688. The van der Waals surface area contributed by atoms with Crippen LogP contribution in [0.2, 0.25) is 0 Å². The van der Waals surface area contributed by atoms with Gasteiger partial charge >= 0.3 is 0 Å². The minimum Gasteiger partial charge on any atom is -0.378 e. The fourth-order valence-corrected chi connectivity index (χ4v) is 3.65. The molecule has 1 aliphatic heterocycles. The van der Waals surface area contributed by atoms with Gasteiger partial charge in [0.2, 0.25) is 5.76 Å². The molecule has 8 nitrogen and oxygen atoms in total. The third-order valence-electron chi connectivity index (χ3n) is 5.23. The van der Waals surface area contributed by atoms with Gasteiger partial charge in [-0.1, -0.05) is 29.4 Å². The lowest BCUT2D eigenvalue weighted by Crippen LogP contribution is -2.52. The van der Waals surface area contributed by atoms with E-state index >= 15 is 0 Å². The first-order valence-corrected chi connectivity index (χ1v) is 9.12. The zero-order valence-corrected chi connectivity index (χ0v) is 15.2. The van der Waals surface area contributed by atoms with Crippen LogP contribution in [0.5, 0.6) is 0 Å². The molecule has 1 aromatic heterocycles. The SMILES string of the molecule is O=C(N[C@@H]1Cc2ccccc2[C@H]1NC(=O)C1(O)CCOC1)c1cc(C(F)F)no1. The van der Waals surface area contributed by atoms with Crippen molar-refractivity contribution in [1.82, 2.24) is 15.8 Å².